The van der Waals surface area contributed by atoms with Gasteiger partial charge in [0.15, 0.2) is 0 Å². The van der Waals surface area contributed by atoms with Crippen LogP contribution in [0.5, 0.6) is 0 Å². The molecule has 0 aromatic rings. The first-order valence-electron chi connectivity index (χ1n) is 2.24. The van der Waals surface area contributed by atoms with Crippen LogP contribution in [0.4, 0.5) is 0 Å². The second-order valence-electron chi connectivity index (χ2n) is 1.47. The Kier molecular flexibility index (Phi) is 4.17. The Morgan fingerprint density at radius 2 is 2.10 bits per heavy atom. The molecule has 0 rings (SSSR count). The van der Waals surface area contributed by atoms with Crippen molar-refractivity contribution in [3.8, 4) is 0 Å². The van der Waals surface area contributed by atoms with Crippen molar-refractivity contribution in [3.63, 3.8) is 0 Å². The molecule has 10 heavy (non-hydrogen) atoms. The highest BCUT2D eigenvalue weighted by atomic mass is 35.6. The Balaban J connectivity index is 3.84. The van der Waals surface area contributed by atoms with E-state index in [0.29, 0.717) is 0 Å². The number of alkyl halides is 3. The van der Waals surface area contributed by atoms with Gasteiger partial charge < -0.3 is 5.11 Å². The average Bonchev–Trinajstić information content (AvgIpc) is 1.80. The largest absolute Gasteiger partial charge is 0.389 e. The number of hydrogen-bond acceptors (Lipinski definition) is 2. The fourth-order valence-electron chi connectivity index (χ4n) is 0.217. The molecule has 4 nitrogen and oxygen atoms in total. The van der Waals surface area contributed by atoms with Crippen LogP contribution in [0.2, 0.25) is 0 Å². The second kappa shape index (κ2) is 4.11. The number of rotatable bonds is 2. The molecule has 58 valence electrons. The molecule has 7 heteroatoms. The van der Waals surface area contributed by atoms with Crippen molar-refractivity contribution in [2.75, 3.05) is 6.54 Å². The third-order valence-electron chi connectivity index (χ3n) is 0.696. The van der Waals surface area contributed by atoms with Gasteiger partial charge in [0.2, 0.25) is 3.79 Å². The lowest BCUT2D eigenvalue weighted by atomic mass is 10.4. The third kappa shape index (κ3) is 4.04. The number of azide groups is 1. The summed E-state index contributed by atoms with van der Waals surface area (Å²) in [5, 5.41) is 11.9. The molecular formula is C3H4Cl3N3O. The third-order valence-corrected chi connectivity index (χ3v) is 1.45. The van der Waals surface area contributed by atoms with E-state index in [1.807, 2.05) is 0 Å². The molecule has 1 atom stereocenters. The molecule has 0 fully saturated rings. The van der Waals surface area contributed by atoms with Gasteiger partial charge in [-0.1, -0.05) is 39.9 Å². The quantitative estimate of drug-likeness (QED) is 0.318. The smallest absolute Gasteiger partial charge is 0.216 e. The summed E-state index contributed by atoms with van der Waals surface area (Å²) in [5.74, 6) is 0. The van der Waals surface area contributed by atoms with Gasteiger partial charge in [0, 0.05) is 4.91 Å². The Bertz CT molecular complexity index is 150. The zero-order valence-electron chi connectivity index (χ0n) is 4.71. The van der Waals surface area contributed by atoms with E-state index < -0.39 is 9.90 Å². The van der Waals surface area contributed by atoms with E-state index in [1.54, 1.807) is 0 Å². The van der Waals surface area contributed by atoms with Gasteiger partial charge >= 0.3 is 0 Å². The number of aliphatic hydroxyl groups excluding tert-OH is 1. The van der Waals surface area contributed by atoms with E-state index in [9.17, 15) is 0 Å². The van der Waals surface area contributed by atoms with Crippen LogP contribution in [0.15, 0.2) is 5.11 Å². The molecule has 0 aliphatic heterocycles. The summed E-state index contributed by atoms with van der Waals surface area (Å²) in [6.45, 7) is -0.243. The molecule has 0 aliphatic rings. The van der Waals surface area contributed by atoms with E-state index in [2.05, 4.69) is 10.0 Å². The maximum absolute atomic E-state index is 8.86. The predicted octanol–water partition coefficient (Wildman–Crippen LogP) is 2.03. The van der Waals surface area contributed by atoms with Crippen molar-refractivity contribution >= 4 is 34.8 Å². The van der Waals surface area contributed by atoms with Crippen LogP contribution in [0.3, 0.4) is 0 Å². The van der Waals surface area contributed by atoms with Crippen LogP contribution in [-0.4, -0.2) is 21.5 Å². The Morgan fingerprint density at radius 3 is 2.40 bits per heavy atom. The lowest BCUT2D eigenvalue weighted by molar-refractivity contribution is 0.187. The van der Waals surface area contributed by atoms with Gasteiger partial charge in [-0.05, 0) is 5.53 Å². The van der Waals surface area contributed by atoms with E-state index in [-0.39, 0.29) is 6.54 Å². The Labute approximate surface area is 72.3 Å². The molecule has 0 unspecified atom stereocenters. The normalized spacial score (nSPS) is 14.0. The van der Waals surface area contributed by atoms with E-state index in [4.69, 9.17) is 45.4 Å². The van der Waals surface area contributed by atoms with Gasteiger partial charge in [-0.25, -0.2) is 0 Å². The van der Waals surface area contributed by atoms with Crippen molar-refractivity contribution in [3.05, 3.63) is 10.4 Å². The van der Waals surface area contributed by atoms with Crippen LogP contribution in [0.1, 0.15) is 0 Å². The van der Waals surface area contributed by atoms with Gasteiger partial charge in [0.05, 0.1) is 6.54 Å². The number of nitrogens with zero attached hydrogens (tertiary/aromatic N) is 3. The van der Waals surface area contributed by atoms with Crippen LogP contribution < -0.4 is 0 Å². The van der Waals surface area contributed by atoms with Gasteiger partial charge in [0.25, 0.3) is 0 Å². The number of hydrogen-bond donors (Lipinski definition) is 1. The molecule has 0 heterocycles. The Morgan fingerprint density at radius 1 is 1.60 bits per heavy atom. The van der Waals surface area contributed by atoms with Crippen LogP contribution in [0, 0.1) is 0 Å². The first kappa shape index (κ1) is 10.1. The fraction of sp³-hybridized carbons (Fsp3) is 1.00. The lowest BCUT2D eigenvalue weighted by Gasteiger charge is -2.15. The van der Waals surface area contributed by atoms with E-state index in [1.165, 1.54) is 0 Å². The molecule has 0 aliphatic carbocycles. The molecular weight excluding hydrogens is 200 g/mol. The maximum atomic E-state index is 8.86. The van der Waals surface area contributed by atoms with Crippen LogP contribution in [0.25, 0.3) is 10.4 Å². The molecule has 1 N–H and O–H groups in total. The molecule has 0 bridgehead atoms. The summed E-state index contributed by atoms with van der Waals surface area (Å²) in [7, 11) is 0. The monoisotopic (exact) mass is 203 g/mol. The van der Waals surface area contributed by atoms with Crippen molar-refractivity contribution in [1.82, 2.24) is 0 Å². The van der Waals surface area contributed by atoms with Gasteiger partial charge in [-0.3, -0.25) is 0 Å². The first-order chi connectivity index (χ1) is 4.48. The fourth-order valence-corrected chi connectivity index (χ4v) is 0.424. The second-order valence-corrected chi connectivity index (χ2v) is 3.84. The topological polar surface area (TPSA) is 69.0 Å². The van der Waals surface area contributed by atoms with Gasteiger partial charge in [-0.2, -0.15) is 0 Å². The number of halogens is 3. The lowest BCUT2D eigenvalue weighted by Crippen LogP contribution is -2.27. The first-order valence-corrected chi connectivity index (χ1v) is 3.37. The minimum atomic E-state index is -1.78. The highest BCUT2D eigenvalue weighted by molar-refractivity contribution is 6.68. The molecule has 0 amide bonds. The van der Waals surface area contributed by atoms with Gasteiger partial charge in [-0.15, -0.1) is 0 Å². The SMILES string of the molecule is [N-]=[N+]=NC[C@H](O)C(Cl)(Cl)Cl. The molecule has 0 aromatic carbocycles. The summed E-state index contributed by atoms with van der Waals surface area (Å²) in [5.41, 5.74) is 7.80. The average molecular weight is 204 g/mol. The zero-order chi connectivity index (χ0) is 8.20. The van der Waals surface area contributed by atoms with Crippen LogP contribution in [-0.2, 0) is 0 Å². The minimum Gasteiger partial charge on any atom is -0.389 e. The van der Waals surface area contributed by atoms with Crippen molar-refractivity contribution in [2.45, 2.75) is 9.90 Å². The highest BCUT2D eigenvalue weighted by Gasteiger charge is 2.29. The molecule has 0 spiro atoms. The minimum absolute atomic E-state index is 0.243. The zero-order valence-corrected chi connectivity index (χ0v) is 6.97. The summed E-state index contributed by atoms with van der Waals surface area (Å²) in [6.07, 6.45) is -1.26. The molecule has 0 saturated heterocycles. The number of aliphatic hydroxyl groups is 1. The van der Waals surface area contributed by atoms with E-state index >= 15 is 0 Å². The van der Waals surface area contributed by atoms with E-state index in [0.717, 1.165) is 0 Å². The molecule has 0 saturated carbocycles. The van der Waals surface area contributed by atoms with Crippen molar-refractivity contribution < 1.29 is 5.11 Å². The highest BCUT2D eigenvalue weighted by Crippen LogP contribution is 2.30. The molecule has 0 radical (unpaired) electrons. The summed E-state index contributed by atoms with van der Waals surface area (Å²) < 4.78 is -1.78. The summed E-state index contributed by atoms with van der Waals surface area (Å²) >= 11 is 15.7. The van der Waals surface area contributed by atoms with Crippen molar-refractivity contribution in [2.24, 2.45) is 5.11 Å². The van der Waals surface area contributed by atoms with Crippen LogP contribution >= 0.6 is 34.8 Å². The van der Waals surface area contributed by atoms with Crippen molar-refractivity contribution in [1.29, 1.82) is 0 Å². The maximum Gasteiger partial charge on any atom is 0.216 e. The Hall–Kier alpha value is 0.140. The summed E-state index contributed by atoms with van der Waals surface area (Å²) in [4.78, 5) is 2.38. The van der Waals surface area contributed by atoms with Gasteiger partial charge in [0.1, 0.15) is 6.10 Å². The standard InChI is InChI=1S/C3H4Cl3N3O/c4-3(5,6)2(10)1-8-9-7/h2,10H,1H2/t2-/m0/s1. The molecule has 0 aromatic heterocycles. The predicted molar refractivity (Wildman–Crippen MR) is 40.3 cm³/mol. The summed E-state index contributed by atoms with van der Waals surface area (Å²) in [6, 6.07) is 0.